The molecule has 0 aromatic rings. The zero-order valence-electron chi connectivity index (χ0n) is 42.2. The summed E-state index contributed by atoms with van der Waals surface area (Å²) in [5, 5.41) is 9.76. The Morgan fingerprint density at radius 3 is 1.27 bits per heavy atom. The Morgan fingerprint density at radius 1 is 0.439 bits per heavy atom. The van der Waals surface area contributed by atoms with Crippen LogP contribution >= 0.6 is 7.82 Å². The molecule has 0 rings (SSSR count). The maximum Gasteiger partial charge on any atom is 0.472 e. The molecule has 0 fully saturated rings. The number of rotatable bonds is 49. The molecule has 2 N–H and O–H groups in total. The second-order valence-corrected chi connectivity index (χ2v) is 19.1. The molecule has 0 aliphatic rings. The number of phosphoric ester groups is 1. The Hall–Kier alpha value is -2.56. The maximum absolute atomic E-state index is 12.8. The average molecular weight is 953 g/mol. The predicted molar refractivity (Wildman–Crippen MR) is 270 cm³/mol. The minimum Gasteiger partial charge on any atom is -0.462 e. The van der Waals surface area contributed by atoms with Gasteiger partial charge in [-0.2, -0.15) is 0 Å². The van der Waals surface area contributed by atoms with E-state index in [-0.39, 0.29) is 25.9 Å². The summed E-state index contributed by atoms with van der Waals surface area (Å²) in [6, 6.07) is 0. The molecule has 0 aromatic carbocycles. The second-order valence-electron chi connectivity index (χ2n) is 17.7. The number of hydrogen-bond donors (Lipinski definition) is 2. The van der Waals surface area contributed by atoms with E-state index in [9.17, 15) is 28.9 Å². The van der Waals surface area contributed by atoms with E-state index in [4.69, 9.17) is 23.3 Å². The van der Waals surface area contributed by atoms with Gasteiger partial charge in [0.15, 0.2) is 6.10 Å². The largest absolute Gasteiger partial charge is 0.472 e. The van der Waals surface area contributed by atoms with Crippen molar-refractivity contribution in [3.63, 3.8) is 0 Å². The number of carbonyl (C=O) groups excluding carboxylic acids is 3. The van der Waals surface area contributed by atoms with Gasteiger partial charge in [0.25, 0.3) is 0 Å². The molecule has 0 aromatic heterocycles. The van der Waals surface area contributed by atoms with Crippen molar-refractivity contribution in [3.8, 4) is 0 Å². The van der Waals surface area contributed by atoms with Crippen LogP contribution in [0.3, 0.4) is 0 Å². The monoisotopic (exact) mass is 953 g/mol. The SMILES string of the molecule is CC/C=C\C/C=C\C/C=C\CCCCCCCC(=O)OC(COC(=O)CCCCCCCCCCCCCCC)COP(=O)(O)OCC(CO)OC(=O)CCCCCCC/C=C\CCCC. The van der Waals surface area contributed by atoms with E-state index in [0.29, 0.717) is 19.3 Å². The highest BCUT2D eigenvalue weighted by Crippen LogP contribution is 2.43. The van der Waals surface area contributed by atoms with E-state index < -0.39 is 57.8 Å². The smallest absolute Gasteiger partial charge is 0.462 e. The van der Waals surface area contributed by atoms with Crippen molar-refractivity contribution >= 4 is 25.7 Å². The number of aliphatic hydroxyl groups is 1. The van der Waals surface area contributed by atoms with Gasteiger partial charge in [0, 0.05) is 19.3 Å². The Balaban J connectivity index is 4.76. The number of allylic oxidation sites excluding steroid dienone is 8. The lowest BCUT2D eigenvalue weighted by molar-refractivity contribution is -0.161. The lowest BCUT2D eigenvalue weighted by Crippen LogP contribution is -2.30. The number of carbonyl (C=O) groups is 3. The van der Waals surface area contributed by atoms with Crippen molar-refractivity contribution < 1.29 is 52.2 Å². The van der Waals surface area contributed by atoms with Crippen LogP contribution in [0.5, 0.6) is 0 Å². The fourth-order valence-electron chi connectivity index (χ4n) is 7.17. The molecular weight excluding hydrogens is 856 g/mol. The van der Waals surface area contributed by atoms with Crippen LogP contribution < -0.4 is 0 Å². The van der Waals surface area contributed by atoms with E-state index in [2.05, 4.69) is 69.4 Å². The van der Waals surface area contributed by atoms with Gasteiger partial charge in [0.2, 0.25) is 0 Å². The van der Waals surface area contributed by atoms with Crippen molar-refractivity contribution in [2.24, 2.45) is 0 Å². The van der Waals surface area contributed by atoms with Gasteiger partial charge in [0.05, 0.1) is 19.8 Å². The van der Waals surface area contributed by atoms with E-state index >= 15 is 0 Å². The molecule has 3 unspecified atom stereocenters. The van der Waals surface area contributed by atoms with Crippen LogP contribution in [-0.4, -0.2) is 66.5 Å². The van der Waals surface area contributed by atoms with E-state index in [1.54, 1.807) is 0 Å². The first kappa shape index (κ1) is 63.4. The molecular formula is C54H97O11P. The number of ether oxygens (including phenoxy) is 3. The van der Waals surface area contributed by atoms with Crippen LogP contribution in [0.1, 0.15) is 239 Å². The third-order valence-corrected chi connectivity index (χ3v) is 12.2. The van der Waals surface area contributed by atoms with Crippen LogP contribution in [0, 0.1) is 0 Å². The standard InChI is InChI=1S/C54H97O11P/c1-4-7-10-13-16-19-22-24-25-27-30-33-36-39-42-45-54(58)65-51(47-61-52(56)43-40-37-34-31-29-26-23-20-17-14-11-8-5-2)49-63-66(59,60)62-48-50(46-55)64-53(57)44-41-38-35-32-28-21-18-15-12-9-6-3/h7,10,15-16,18-19,24-25,50-51,55H,4-6,8-9,11-14,17,20-23,26-49H2,1-3H3,(H,59,60)/b10-7-,18-15-,19-16-,25-24-. The Morgan fingerprint density at radius 2 is 0.803 bits per heavy atom. The summed E-state index contributed by atoms with van der Waals surface area (Å²) >= 11 is 0. The number of unbranched alkanes of at least 4 members (excludes halogenated alkanes) is 24. The second kappa shape index (κ2) is 48.9. The molecule has 0 amide bonds. The molecule has 0 radical (unpaired) electrons. The molecule has 3 atom stereocenters. The first-order valence-electron chi connectivity index (χ1n) is 26.5. The normalized spacial score (nSPS) is 13.8. The third kappa shape index (κ3) is 46.5. The van der Waals surface area contributed by atoms with Gasteiger partial charge in [-0.3, -0.25) is 23.4 Å². The molecule has 12 heteroatoms. The van der Waals surface area contributed by atoms with E-state index in [1.165, 1.54) is 70.6 Å². The molecule has 0 aliphatic carbocycles. The summed E-state index contributed by atoms with van der Waals surface area (Å²) < 4.78 is 39.3. The van der Waals surface area contributed by atoms with Crippen molar-refractivity contribution in [2.45, 2.75) is 251 Å². The van der Waals surface area contributed by atoms with Gasteiger partial charge >= 0.3 is 25.7 Å². The molecule has 0 heterocycles. The molecule has 0 bridgehead atoms. The van der Waals surface area contributed by atoms with Crippen molar-refractivity contribution in [1.29, 1.82) is 0 Å². The summed E-state index contributed by atoms with van der Waals surface area (Å²) in [6.07, 6.45) is 49.3. The number of phosphoric acid groups is 1. The van der Waals surface area contributed by atoms with Gasteiger partial charge < -0.3 is 24.2 Å². The summed E-state index contributed by atoms with van der Waals surface area (Å²) in [4.78, 5) is 48.3. The summed E-state index contributed by atoms with van der Waals surface area (Å²) in [6.45, 7) is 4.46. The van der Waals surface area contributed by atoms with Gasteiger partial charge in [-0.05, 0) is 70.6 Å². The van der Waals surface area contributed by atoms with Gasteiger partial charge in [0.1, 0.15) is 12.7 Å². The third-order valence-electron chi connectivity index (χ3n) is 11.2. The zero-order valence-corrected chi connectivity index (χ0v) is 43.1. The van der Waals surface area contributed by atoms with Crippen LogP contribution in [-0.2, 0) is 42.2 Å². The minimum atomic E-state index is -4.74. The molecule has 0 spiro atoms. The van der Waals surface area contributed by atoms with Crippen LogP contribution in [0.15, 0.2) is 48.6 Å². The number of esters is 3. The Kier molecular flexibility index (Phi) is 47.0. The van der Waals surface area contributed by atoms with Crippen LogP contribution in [0.4, 0.5) is 0 Å². The van der Waals surface area contributed by atoms with E-state index in [0.717, 1.165) is 109 Å². The van der Waals surface area contributed by atoms with Gasteiger partial charge in [-0.1, -0.05) is 198 Å². The summed E-state index contributed by atoms with van der Waals surface area (Å²) in [5.41, 5.74) is 0. The van der Waals surface area contributed by atoms with E-state index in [1.807, 2.05) is 0 Å². The Labute approximate surface area is 403 Å². The highest BCUT2D eigenvalue weighted by atomic mass is 31.2. The quantitative estimate of drug-likeness (QED) is 0.0197. The zero-order chi connectivity index (χ0) is 48.4. The Bertz CT molecular complexity index is 1300. The van der Waals surface area contributed by atoms with Gasteiger partial charge in [-0.25, -0.2) is 4.57 Å². The molecule has 0 saturated carbocycles. The predicted octanol–water partition coefficient (Wildman–Crippen LogP) is 15.0. The summed E-state index contributed by atoms with van der Waals surface area (Å²) in [7, 11) is -4.74. The average Bonchev–Trinajstić information content (AvgIpc) is 3.30. The fourth-order valence-corrected chi connectivity index (χ4v) is 7.96. The highest BCUT2D eigenvalue weighted by Gasteiger charge is 2.28. The number of hydrogen-bond acceptors (Lipinski definition) is 10. The molecule has 0 aliphatic heterocycles. The van der Waals surface area contributed by atoms with Crippen molar-refractivity contribution in [1.82, 2.24) is 0 Å². The first-order chi connectivity index (χ1) is 32.2. The lowest BCUT2D eigenvalue weighted by atomic mass is 10.0. The first-order valence-corrected chi connectivity index (χ1v) is 28.0. The topological polar surface area (TPSA) is 155 Å². The summed E-state index contributed by atoms with van der Waals surface area (Å²) in [5.74, 6) is -1.49. The molecule has 66 heavy (non-hydrogen) atoms. The van der Waals surface area contributed by atoms with Gasteiger partial charge in [-0.15, -0.1) is 0 Å². The van der Waals surface area contributed by atoms with Crippen molar-refractivity contribution in [3.05, 3.63) is 48.6 Å². The highest BCUT2D eigenvalue weighted by molar-refractivity contribution is 7.47. The van der Waals surface area contributed by atoms with Crippen molar-refractivity contribution in [2.75, 3.05) is 26.4 Å². The van der Waals surface area contributed by atoms with Crippen LogP contribution in [0.2, 0.25) is 0 Å². The lowest BCUT2D eigenvalue weighted by Gasteiger charge is -2.21. The maximum atomic E-state index is 12.8. The number of aliphatic hydroxyl groups excluding tert-OH is 1. The van der Waals surface area contributed by atoms with Crippen LogP contribution in [0.25, 0.3) is 0 Å². The molecule has 0 saturated heterocycles. The molecule has 11 nitrogen and oxygen atoms in total. The minimum absolute atomic E-state index is 0.150. The molecule has 384 valence electrons. The fraction of sp³-hybridized carbons (Fsp3) is 0.796.